The first-order chi connectivity index (χ1) is 10.2. The number of nitrogens with zero attached hydrogens (tertiary/aromatic N) is 1. The van der Waals surface area contributed by atoms with Crippen molar-refractivity contribution in [3.8, 4) is 5.75 Å². The summed E-state index contributed by atoms with van der Waals surface area (Å²) in [5.41, 5.74) is 4.54. The van der Waals surface area contributed by atoms with Gasteiger partial charge in [-0.2, -0.15) is 0 Å². The largest absolute Gasteiger partial charge is 0.487 e. The van der Waals surface area contributed by atoms with Gasteiger partial charge in [0.05, 0.1) is 11.2 Å². The Hall–Kier alpha value is -1.39. The van der Waals surface area contributed by atoms with Gasteiger partial charge in [0.25, 0.3) is 0 Å². The van der Waals surface area contributed by atoms with Gasteiger partial charge in [0.15, 0.2) is 0 Å². The lowest BCUT2D eigenvalue weighted by atomic mass is 10.1. The Labute approximate surface area is 130 Å². The molecule has 2 atom stereocenters. The molecule has 2 aromatic rings. The van der Waals surface area contributed by atoms with E-state index in [0.29, 0.717) is 18.1 Å². The van der Waals surface area contributed by atoms with Gasteiger partial charge in [-0.3, -0.25) is 0 Å². The molecular weight excluding hydrogens is 280 g/mol. The standard InChI is InChI=1S/C17H22N2OS/c1-3-17(2)8-16(17)18-9-13-6-4-5-7-15(13)20-10-14-11-21-12-19-14/h4-7,11-12,16,18H,3,8-10H2,1-2H3. The molecule has 1 aliphatic rings. The second-order valence-electron chi connectivity index (χ2n) is 6.02. The maximum Gasteiger partial charge on any atom is 0.131 e. The molecule has 1 saturated carbocycles. The molecule has 0 radical (unpaired) electrons. The van der Waals surface area contributed by atoms with Crippen LogP contribution in [0.15, 0.2) is 35.2 Å². The van der Waals surface area contributed by atoms with Crippen LogP contribution in [0.25, 0.3) is 0 Å². The summed E-state index contributed by atoms with van der Waals surface area (Å²) in [4.78, 5) is 4.25. The number of para-hydroxylation sites is 1. The molecule has 4 heteroatoms. The topological polar surface area (TPSA) is 34.1 Å². The van der Waals surface area contributed by atoms with Crippen molar-refractivity contribution < 1.29 is 4.74 Å². The molecule has 1 N–H and O–H groups in total. The van der Waals surface area contributed by atoms with E-state index in [1.54, 1.807) is 11.3 Å². The zero-order valence-electron chi connectivity index (χ0n) is 12.6. The minimum atomic E-state index is 0.496. The highest BCUT2D eigenvalue weighted by molar-refractivity contribution is 7.07. The zero-order chi connectivity index (χ0) is 14.7. The lowest BCUT2D eigenvalue weighted by Gasteiger charge is -2.13. The molecule has 1 heterocycles. The predicted octanol–water partition coefficient (Wildman–Crippen LogP) is 4.00. The smallest absolute Gasteiger partial charge is 0.131 e. The van der Waals surface area contributed by atoms with Crippen LogP contribution in [-0.2, 0) is 13.2 Å². The van der Waals surface area contributed by atoms with Crippen molar-refractivity contribution in [2.45, 2.75) is 45.9 Å². The first-order valence-electron chi connectivity index (χ1n) is 7.52. The predicted molar refractivity (Wildman–Crippen MR) is 86.5 cm³/mol. The maximum absolute atomic E-state index is 5.92. The number of thiazole rings is 1. The number of hydrogen-bond donors (Lipinski definition) is 1. The molecule has 21 heavy (non-hydrogen) atoms. The summed E-state index contributed by atoms with van der Waals surface area (Å²) in [6, 6.07) is 8.91. The monoisotopic (exact) mass is 302 g/mol. The quantitative estimate of drug-likeness (QED) is 0.839. The Bertz CT molecular complexity index is 584. The van der Waals surface area contributed by atoms with Gasteiger partial charge in [0.2, 0.25) is 0 Å². The third-order valence-electron chi connectivity index (χ3n) is 4.53. The van der Waals surface area contributed by atoms with Crippen molar-refractivity contribution in [2.24, 2.45) is 5.41 Å². The summed E-state index contributed by atoms with van der Waals surface area (Å²) in [7, 11) is 0. The second-order valence-corrected chi connectivity index (χ2v) is 6.74. The van der Waals surface area contributed by atoms with Crippen LogP contribution < -0.4 is 10.1 Å². The highest BCUT2D eigenvalue weighted by Gasteiger charge is 2.47. The van der Waals surface area contributed by atoms with Crippen LogP contribution in [-0.4, -0.2) is 11.0 Å². The normalized spacial score (nSPS) is 24.0. The minimum Gasteiger partial charge on any atom is -0.487 e. The van der Waals surface area contributed by atoms with Crippen LogP contribution in [0.4, 0.5) is 0 Å². The number of benzene rings is 1. The van der Waals surface area contributed by atoms with Crippen LogP contribution >= 0.6 is 11.3 Å². The summed E-state index contributed by atoms with van der Waals surface area (Å²) < 4.78 is 5.92. The van der Waals surface area contributed by atoms with Crippen molar-refractivity contribution in [3.63, 3.8) is 0 Å². The molecule has 112 valence electrons. The van der Waals surface area contributed by atoms with Crippen molar-refractivity contribution in [1.82, 2.24) is 10.3 Å². The van der Waals surface area contributed by atoms with Crippen LogP contribution in [0.3, 0.4) is 0 Å². The lowest BCUT2D eigenvalue weighted by Crippen LogP contribution is -2.21. The van der Waals surface area contributed by atoms with Crippen LogP contribution in [0.1, 0.15) is 37.9 Å². The molecule has 0 spiro atoms. The Kier molecular flexibility index (Phi) is 4.27. The molecule has 1 aromatic carbocycles. The van der Waals surface area contributed by atoms with E-state index in [4.69, 9.17) is 4.74 Å². The number of rotatable bonds is 7. The van der Waals surface area contributed by atoms with Crippen molar-refractivity contribution in [2.75, 3.05) is 0 Å². The van der Waals surface area contributed by atoms with E-state index in [-0.39, 0.29) is 0 Å². The zero-order valence-corrected chi connectivity index (χ0v) is 13.5. The highest BCUT2D eigenvalue weighted by atomic mass is 32.1. The third kappa shape index (κ3) is 3.44. The minimum absolute atomic E-state index is 0.496. The lowest BCUT2D eigenvalue weighted by molar-refractivity contribution is 0.298. The summed E-state index contributed by atoms with van der Waals surface area (Å²) in [6.07, 6.45) is 2.53. The molecule has 2 unspecified atom stereocenters. The van der Waals surface area contributed by atoms with Gasteiger partial charge in [-0.05, 0) is 24.3 Å². The molecular formula is C17H22N2OS. The van der Waals surface area contributed by atoms with E-state index in [1.807, 2.05) is 23.0 Å². The van der Waals surface area contributed by atoms with Crippen LogP contribution in [0, 0.1) is 5.41 Å². The molecule has 1 aromatic heterocycles. The SMILES string of the molecule is CCC1(C)CC1NCc1ccccc1OCc1cscn1. The van der Waals surface area contributed by atoms with E-state index in [2.05, 4.69) is 36.3 Å². The Morgan fingerprint density at radius 3 is 3.00 bits per heavy atom. The van der Waals surface area contributed by atoms with E-state index in [1.165, 1.54) is 18.4 Å². The van der Waals surface area contributed by atoms with Gasteiger partial charge in [-0.25, -0.2) is 4.98 Å². The summed E-state index contributed by atoms with van der Waals surface area (Å²) in [6.45, 7) is 6.03. The van der Waals surface area contributed by atoms with Crippen LogP contribution in [0.5, 0.6) is 5.75 Å². The van der Waals surface area contributed by atoms with Crippen molar-refractivity contribution in [1.29, 1.82) is 0 Å². The van der Waals surface area contributed by atoms with Gasteiger partial charge >= 0.3 is 0 Å². The van der Waals surface area contributed by atoms with Crippen LogP contribution in [0.2, 0.25) is 0 Å². The molecule has 0 amide bonds. The van der Waals surface area contributed by atoms with E-state index in [0.717, 1.165) is 18.0 Å². The van der Waals surface area contributed by atoms with Gasteiger partial charge in [-0.1, -0.05) is 32.0 Å². The highest BCUT2D eigenvalue weighted by Crippen LogP contribution is 2.48. The maximum atomic E-state index is 5.92. The molecule has 0 bridgehead atoms. The second kappa shape index (κ2) is 6.16. The Balaban J connectivity index is 1.58. The summed E-state index contributed by atoms with van der Waals surface area (Å²) >= 11 is 1.60. The molecule has 0 saturated heterocycles. The Morgan fingerprint density at radius 2 is 2.29 bits per heavy atom. The van der Waals surface area contributed by atoms with Gasteiger partial charge in [-0.15, -0.1) is 11.3 Å². The molecule has 0 aliphatic heterocycles. The Morgan fingerprint density at radius 1 is 1.43 bits per heavy atom. The fourth-order valence-corrected chi connectivity index (χ4v) is 3.14. The van der Waals surface area contributed by atoms with Gasteiger partial charge < -0.3 is 10.1 Å². The van der Waals surface area contributed by atoms with Crippen molar-refractivity contribution in [3.05, 3.63) is 46.4 Å². The number of nitrogens with one attached hydrogen (secondary N) is 1. The van der Waals surface area contributed by atoms with Gasteiger partial charge in [0.1, 0.15) is 12.4 Å². The van der Waals surface area contributed by atoms with E-state index >= 15 is 0 Å². The molecule has 1 aliphatic carbocycles. The number of aromatic nitrogens is 1. The average Bonchev–Trinajstić information content (AvgIpc) is 2.92. The van der Waals surface area contributed by atoms with Gasteiger partial charge in [0, 0.05) is 23.5 Å². The number of hydrogen-bond acceptors (Lipinski definition) is 4. The summed E-state index contributed by atoms with van der Waals surface area (Å²) in [5.74, 6) is 0.955. The molecule has 3 rings (SSSR count). The molecule has 3 nitrogen and oxygen atoms in total. The van der Waals surface area contributed by atoms with E-state index < -0.39 is 0 Å². The first kappa shape index (κ1) is 14.5. The van der Waals surface area contributed by atoms with E-state index in [9.17, 15) is 0 Å². The van der Waals surface area contributed by atoms with Crippen molar-refractivity contribution >= 4 is 11.3 Å². The number of ether oxygens (including phenoxy) is 1. The fraction of sp³-hybridized carbons (Fsp3) is 0.471. The molecule has 1 fully saturated rings. The third-order valence-corrected chi connectivity index (χ3v) is 5.17. The summed E-state index contributed by atoms with van der Waals surface area (Å²) in [5, 5.41) is 5.68. The fourth-order valence-electron chi connectivity index (χ4n) is 2.60. The first-order valence-corrected chi connectivity index (χ1v) is 8.47. The average molecular weight is 302 g/mol.